The third-order valence-electron chi connectivity index (χ3n) is 6.55. The van der Waals surface area contributed by atoms with E-state index in [4.69, 9.17) is 9.47 Å². The maximum atomic E-state index is 12.9. The minimum Gasteiger partial charge on any atom is -0.493 e. The average molecular weight is 419 g/mol. The first-order valence-corrected chi connectivity index (χ1v) is 10.4. The maximum absolute atomic E-state index is 12.9. The molecular formula is C24H25N3O4. The Morgan fingerprint density at radius 1 is 1.03 bits per heavy atom. The van der Waals surface area contributed by atoms with Crippen LogP contribution in [0.4, 0.5) is 0 Å². The molecule has 2 aromatic carbocycles. The second-order valence-electron chi connectivity index (χ2n) is 8.08. The van der Waals surface area contributed by atoms with E-state index in [9.17, 15) is 9.59 Å². The van der Waals surface area contributed by atoms with E-state index in [-0.39, 0.29) is 24.3 Å². The second kappa shape index (κ2) is 7.42. The third-order valence-corrected chi connectivity index (χ3v) is 6.55. The molecule has 5 rings (SSSR count). The number of para-hydroxylation sites is 1. The fourth-order valence-corrected chi connectivity index (χ4v) is 4.97. The zero-order valence-corrected chi connectivity index (χ0v) is 17.8. The van der Waals surface area contributed by atoms with Gasteiger partial charge in [-0.3, -0.25) is 19.4 Å². The van der Waals surface area contributed by atoms with Gasteiger partial charge in [-0.2, -0.15) is 0 Å². The number of rotatable bonds is 4. The van der Waals surface area contributed by atoms with Gasteiger partial charge >= 0.3 is 0 Å². The normalized spacial score (nSPS) is 21.6. The molecule has 2 aliphatic rings. The number of aromatic amines is 1. The molecule has 160 valence electrons. The van der Waals surface area contributed by atoms with Crippen LogP contribution >= 0.6 is 0 Å². The summed E-state index contributed by atoms with van der Waals surface area (Å²) in [5.74, 6) is 1.00. The summed E-state index contributed by atoms with van der Waals surface area (Å²) in [5, 5.41) is 1.20. The molecule has 0 spiro atoms. The van der Waals surface area contributed by atoms with Crippen LogP contribution in [0.25, 0.3) is 10.9 Å². The lowest BCUT2D eigenvalue weighted by Gasteiger charge is -2.39. The van der Waals surface area contributed by atoms with Crippen molar-refractivity contribution >= 4 is 22.7 Å². The number of nitrogens with one attached hydrogen (secondary N) is 1. The zero-order chi connectivity index (χ0) is 21.7. The van der Waals surface area contributed by atoms with Gasteiger partial charge in [0.05, 0.1) is 32.7 Å². The molecule has 0 saturated carbocycles. The van der Waals surface area contributed by atoms with Crippen molar-refractivity contribution in [3.05, 3.63) is 59.3 Å². The SMILES string of the molecule is COc1ccc([C@H]2c3[nH]c4ccccc4c3CCN2[C@@H]2CC(=O)N(C)C2=O)cc1OC. The Morgan fingerprint density at radius 3 is 2.52 bits per heavy atom. The Bertz CT molecular complexity index is 1180. The van der Waals surface area contributed by atoms with E-state index in [0.717, 1.165) is 23.2 Å². The molecule has 7 heteroatoms. The molecule has 2 atom stereocenters. The van der Waals surface area contributed by atoms with E-state index in [1.165, 1.54) is 15.8 Å². The molecule has 31 heavy (non-hydrogen) atoms. The van der Waals surface area contributed by atoms with E-state index < -0.39 is 6.04 Å². The first-order chi connectivity index (χ1) is 15.0. The summed E-state index contributed by atoms with van der Waals surface area (Å²) in [6.07, 6.45) is 1.01. The molecule has 3 heterocycles. The number of likely N-dealkylation sites (tertiary alicyclic amines) is 1. The standard InChI is InChI=1S/C24H25N3O4/c1-26-21(28)13-18(24(26)29)27-11-10-16-15-6-4-5-7-17(15)25-22(16)23(27)14-8-9-19(30-2)20(12-14)31-3/h4-9,12,18,23,25H,10-11,13H2,1-3H3/t18-,23+/m1/s1. The first kappa shape index (κ1) is 19.6. The van der Waals surface area contributed by atoms with Gasteiger partial charge in [0.1, 0.15) is 0 Å². The van der Waals surface area contributed by atoms with Crippen molar-refractivity contribution in [1.82, 2.24) is 14.8 Å². The highest BCUT2D eigenvalue weighted by atomic mass is 16.5. The Balaban J connectivity index is 1.68. The van der Waals surface area contributed by atoms with E-state index >= 15 is 0 Å². The molecule has 0 unspecified atom stereocenters. The van der Waals surface area contributed by atoms with Gasteiger partial charge in [0, 0.05) is 30.2 Å². The predicted octanol–water partition coefficient (Wildman–Crippen LogP) is 2.89. The van der Waals surface area contributed by atoms with Crippen LogP contribution in [0.1, 0.15) is 29.3 Å². The number of fused-ring (bicyclic) bond motifs is 3. The van der Waals surface area contributed by atoms with Crippen molar-refractivity contribution in [1.29, 1.82) is 0 Å². The fourth-order valence-electron chi connectivity index (χ4n) is 4.97. The highest BCUT2D eigenvalue weighted by Crippen LogP contribution is 2.42. The topological polar surface area (TPSA) is 74.9 Å². The monoisotopic (exact) mass is 419 g/mol. The summed E-state index contributed by atoms with van der Waals surface area (Å²) in [5.41, 5.74) is 4.39. The van der Waals surface area contributed by atoms with Crippen LogP contribution in [-0.4, -0.2) is 60.5 Å². The van der Waals surface area contributed by atoms with Crippen molar-refractivity contribution < 1.29 is 19.1 Å². The van der Waals surface area contributed by atoms with Crippen LogP contribution in [0.3, 0.4) is 0 Å². The largest absolute Gasteiger partial charge is 0.493 e. The number of amides is 2. The lowest BCUT2D eigenvalue weighted by molar-refractivity contribution is -0.138. The number of nitrogens with zero attached hydrogens (tertiary/aromatic N) is 2. The lowest BCUT2D eigenvalue weighted by atomic mass is 9.90. The van der Waals surface area contributed by atoms with Gasteiger partial charge in [-0.05, 0) is 35.7 Å². The molecule has 0 bridgehead atoms. The molecule has 2 aliphatic heterocycles. The maximum Gasteiger partial charge on any atom is 0.246 e. The summed E-state index contributed by atoms with van der Waals surface area (Å²) >= 11 is 0. The predicted molar refractivity (Wildman–Crippen MR) is 116 cm³/mol. The summed E-state index contributed by atoms with van der Waals surface area (Å²) in [7, 11) is 4.79. The molecule has 0 radical (unpaired) electrons. The number of methoxy groups -OCH3 is 2. The van der Waals surface area contributed by atoms with E-state index in [1.54, 1.807) is 21.3 Å². The molecule has 7 nitrogen and oxygen atoms in total. The number of ether oxygens (including phenoxy) is 2. The Labute approximate surface area is 180 Å². The smallest absolute Gasteiger partial charge is 0.246 e. The van der Waals surface area contributed by atoms with Crippen LogP contribution in [0.15, 0.2) is 42.5 Å². The first-order valence-electron chi connectivity index (χ1n) is 10.4. The summed E-state index contributed by atoms with van der Waals surface area (Å²) < 4.78 is 11.0. The Kier molecular flexibility index (Phi) is 4.70. The third kappa shape index (κ3) is 2.99. The Hall–Kier alpha value is -3.32. The van der Waals surface area contributed by atoms with Gasteiger partial charge in [0.2, 0.25) is 11.8 Å². The second-order valence-corrected chi connectivity index (χ2v) is 8.08. The molecular weight excluding hydrogens is 394 g/mol. The quantitative estimate of drug-likeness (QED) is 0.659. The minimum atomic E-state index is -0.477. The van der Waals surface area contributed by atoms with Crippen molar-refractivity contribution in [2.75, 3.05) is 27.8 Å². The number of hydrogen-bond donors (Lipinski definition) is 1. The number of hydrogen-bond acceptors (Lipinski definition) is 5. The highest BCUT2D eigenvalue weighted by Gasteiger charge is 2.45. The number of carbonyl (C=O) groups is 2. The molecule has 1 fully saturated rings. The number of H-pyrrole nitrogens is 1. The van der Waals surface area contributed by atoms with Crippen LogP contribution in [0.5, 0.6) is 11.5 Å². The van der Waals surface area contributed by atoms with Crippen LogP contribution in [0, 0.1) is 0 Å². The lowest BCUT2D eigenvalue weighted by Crippen LogP contribution is -2.46. The van der Waals surface area contributed by atoms with Gasteiger partial charge in [-0.25, -0.2) is 0 Å². The van der Waals surface area contributed by atoms with E-state index in [2.05, 4.69) is 22.0 Å². The minimum absolute atomic E-state index is 0.136. The van der Waals surface area contributed by atoms with E-state index in [0.29, 0.717) is 18.0 Å². The van der Waals surface area contributed by atoms with Crippen LogP contribution in [0.2, 0.25) is 0 Å². The van der Waals surface area contributed by atoms with Crippen LogP contribution in [-0.2, 0) is 16.0 Å². The summed E-state index contributed by atoms with van der Waals surface area (Å²) in [6.45, 7) is 0.686. The number of likely N-dealkylation sites (N-methyl/N-ethyl adjacent to an activating group) is 1. The van der Waals surface area contributed by atoms with Crippen molar-refractivity contribution in [2.24, 2.45) is 0 Å². The fraction of sp³-hybridized carbons (Fsp3) is 0.333. The molecule has 0 aliphatic carbocycles. The molecule has 1 saturated heterocycles. The zero-order valence-electron chi connectivity index (χ0n) is 17.8. The highest BCUT2D eigenvalue weighted by molar-refractivity contribution is 6.05. The van der Waals surface area contributed by atoms with Crippen molar-refractivity contribution in [2.45, 2.75) is 24.9 Å². The van der Waals surface area contributed by atoms with Gasteiger partial charge in [0.15, 0.2) is 11.5 Å². The molecule has 1 aromatic heterocycles. The van der Waals surface area contributed by atoms with Gasteiger partial charge in [-0.15, -0.1) is 0 Å². The summed E-state index contributed by atoms with van der Waals surface area (Å²) in [4.78, 5) is 32.2. The number of benzene rings is 2. The molecule has 3 aromatic rings. The average Bonchev–Trinajstić information content (AvgIpc) is 3.30. The van der Waals surface area contributed by atoms with Crippen LogP contribution < -0.4 is 9.47 Å². The summed E-state index contributed by atoms with van der Waals surface area (Å²) in [6, 6.07) is 13.4. The van der Waals surface area contributed by atoms with Crippen molar-refractivity contribution in [3.63, 3.8) is 0 Å². The number of imide groups is 1. The Morgan fingerprint density at radius 2 is 1.81 bits per heavy atom. The molecule has 2 amide bonds. The number of carbonyl (C=O) groups excluding carboxylic acids is 2. The van der Waals surface area contributed by atoms with Gasteiger partial charge < -0.3 is 14.5 Å². The van der Waals surface area contributed by atoms with Gasteiger partial charge in [0.25, 0.3) is 0 Å². The molecule has 1 N–H and O–H groups in total. The number of aromatic nitrogens is 1. The van der Waals surface area contributed by atoms with E-state index in [1.807, 2.05) is 30.3 Å². The van der Waals surface area contributed by atoms with Gasteiger partial charge in [-0.1, -0.05) is 24.3 Å². The van der Waals surface area contributed by atoms with Crippen molar-refractivity contribution in [3.8, 4) is 11.5 Å².